The molecule has 2 aromatic rings. The minimum atomic E-state index is -0.888. The van der Waals surface area contributed by atoms with E-state index in [1.54, 1.807) is 15.3 Å². The topological polar surface area (TPSA) is 64.2 Å². The van der Waals surface area contributed by atoms with Crippen molar-refractivity contribution in [3.05, 3.63) is 45.0 Å². The van der Waals surface area contributed by atoms with Crippen LogP contribution in [0.3, 0.4) is 0 Å². The van der Waals surface area contributed by atoms with Gasteiger partial charge in [0.05, 0.1) is 11.4 Å². The van der Waals surface area contributed by atoms with Crippen molar-refractivity contribution in [2.24, 2.45) is 0 Å². The molecule has 0 bridgehead atoms. The van der Waals surface area contributed by atoms with Crippen LogP contribution >= 0.6 is 27.7 Å². The lowest BCUT2D eigenvalue weighted by molar-refractivity contribution is -0.133. The van der Waals surface area contributed by atoms with Gasteiger partial charge in [-0.3, -0.25) is 13.9 Å². The number of aryl methyl sites for hydroxylation is 1. The summed E-state index contributed by atoms with van der Waals surface area (Å²) < 4.78 is 4.09. The third kappa shape index (κ3) is 3.41. The number of carbonyl (C=O) groups is 1. The fourth-order valence-electron chi connectivity index (χ4n) is 2.09. The second-order valence-electron chi connectivity index (χ2n) is 4.46. The molecule has 5 nitrogen and oxygen atoms in total. The molecule has 0 saturated carbocycles. The van der Waals surface area contributed by atoms with Crippen LogP contribution in [-0.2, 0) is 11.3 Å². The van der Waals surface area contributed by atoms with E-state index in [1.807, 2.05) is 32.0 Å². The summed E-state index contributed by atoms with van der Waals surface area (Å²) in [6.45, 7) is 4.40. The number of imidazole rings is 1. The predicted molar refractivity (Wildman–Crippen MR) is 86.5 cm³/mol. The summed E-state index contributed by atoms with van der Waals surface area (Å²) in [6, 6.07) is 5.48. The molecule has 1 N–H and O–H groups in total. The highest BCUT2D eigenvalue weighted by Gasteiger charge is 2.13. The Hall–Kier alpha value is -1.47. The van der Waals surface area contributed by atoms with Crippen LogP contribution in [0.1, 0.15) is 12.6 Å². The molecule has 21 heavy (non-hydrogen) atoms. The third-order valence-electron chi connectivity index (χ3n) is 3.03. The SMILES string of the molecule is CCn1c(C)cn(-c2ccc(Br)cc2SCC(=O)O)c1=O. The summed E-state index contributed by atoms with van der Waals surface area (Å²) in [6.07, 6.45) is 1.78. The van der Waals surface area contributed by atoms with Gasteiger partial charge in [-0.05, 0) is 32.0 Å². The van der Waals surface area contributed by atoms with E-state index in [9.17, 15) is 9.59 Å². The lowest BCUT2D eigenvalue weighted by Crippen LogP contribution is -2.23. The van der Waals surface area contributed by atoms with Gasteiger partial charge in [0, 0.05) is 27.8 Å². The molecule has 0 aliphatic heterocycles. The number of aromatic nitrogens is 2. The Bertz CT molecular complexity index is 736. The number of thioether (sulfide) groups is 1. The van der Waals surface area contributed by atoms with Gasteiger partial charge in [0.25, 0.3) is 0 Å². The second-order valence-corrected chi connectivity index (χ2v) is 6.39. The van der Waals surface area contributed by atoms with Crippen molar-refractivity contribution in [1.82, 2.24) is 9.13 Å². The fraction of sp³-hybridized carbons (Fsp3) is 0.286. The van der Waals surface area contributed by atoms with E-state index < -0.39 is 5.97 Å². The average Bonchev–Trinajstić information content (AvgIpc) is 2.71. The predicted octanol–water partition coefficient (Wildman–Crippen LogP) is 2.91. The van der Waals surface area contributed by atoms with E-state index >= 15 is 0 Å². The van der Waals surface area contributed by atoms with Gasteiger partial charge < -0.3 is 5.11 Å². The second kappa shape index (κ2) is 6.53. The molecule has 2 rings (SSSR count). The molecule has 0 aliphatic rings. The van der Waals surface area contributed by atoms with Crippen molar-refractivity contribution in [3.63, 3.8) is 0 Å². The van der Waals surface area contributed by atoms with Gasteiger partial charge in [-0.25, -0.2) is 4.79 Å². The van der Waals surface area contributed by atoms with E-state index in [0.29, 0.717) is 12.2 Å². The molecule has 7 heteroatoms. The summed E-state index contributed by atoms with van der Waals surface area (Å²) in [5.74, 6) is -0.938. The van der Waals surface area contributed by atoms with Crippen molar-refractivity contribution in [3.8, 4) is 5.69 Å². The molecular formula is C14H15BrN2O3S. The Morgan fingerprint density at radius 3 is 2.71 bits per heavy atom. The van der Waals surface area contributed by atoms with Gasteiger partial charge in [0.15, 0.2) is 0 Å². The van der Waals surface area contributed by atoms with Crippen molar-refractivity contribution < 1.29 is 9.90 Å². The van der Waals surface area contributed by atoms with Gasteiger partial charge in [-0.15, -0.1) is 11.8 Å². The van der Waals surface area contributed by atoms with Crippen molar-refractivity contribution in [2.75, 3.05) is 5.75 Å². The van der Waals surface area contributed by atoms with E-state index in [0.717, 1.165) is 15.1 Å². The number of carboxylic acid groups (broad SMARTS) is 1. The number of nitrogens with zero attached hydrogens (tertiary/aromatic N) is 2. The smallest absolute Gasteiger partial charge is 0.332 e. The molecule has 0 unspecified atom stereocenters. The Morgan fingerprint density at radius 2 is 2.14 bits per heavy atom. The van der Waals surface area contributed by atoms with Crippen LogP contribution in [0.4, 0.5) is 0 Å². The van der Waals surface area contributed by atoms with Crippen LogP contribution in [0.2, 0.25) is 0 Å². The minimum Gasteiger partial charge on any atom is -0.481 e. The van der Waals surface area contributed by atoms with Gasteiger partial charge in [-0.2, -0.15) is 0 Å². The zero-order valence-electron chi connectivity index (χ0n) is 11.7. The summed E-state index contributed by atoms with van der Waals surface area (Å²) in [5, 5.41) is 8.84. The van der Waals surface area contributed by atoms with Crippen LogP contribution in [0.5, 0.6) is 0 Å². The summed E-state index contributed by atoms with van der Waals surface area (Å²) in [4.78, 5) is 23.9. The molecule has 1 aromatic carbocycles. The highest BCUT2D eigenvalue weighted by atomic mass is 79.9. The first-order valence-corrected chi connectivity index (χ1v) is 8.15. The molecule has 0 spiro atoms. The first-order chi connectivity index (χ1) is 9.93. The standard InChI is InChI=1S/C14H15BrN2O3S/c1-3-16-9(2)7-17(14(16)20)11-5-4-10(15)6-12(11)21-8-13(18)19/h4-7H,3,8H2,1-2H3,(H,18,19). The van der Waals surface area contributed by atoms with Crippen LogP contribution in [0, 0.1) is 6.92 Å². The van der Waals surface area contributed by atoms with Gasteiger partial charge >= 0.3 is 11.7 Å². The van der Waals surface area contributed by atoms with Crippen molar-refractivity contribution in [2.45, 2.75) is 25.3 Å². The highest BCUT2D eigenvalue weighted by Crippen LogP contribution is 2.28. The molecular weight excluding hydrogens is 356 g/mol. The average molecular weight is 371 g/mol. The monoisotopic (exact) mass is 370 g/mol. The third-order valence-corrected chi connectivity index (χ3v) is 4.55. The van der Waals surface area contributed by atoms with E-state index in [-0.39, 0.29) is 11.4 Å². The number of aliphatic carboxylic acids is 1. The first-order valence-electron chi connectivity index (χ1n) is 6.37. The summed E-state index contributed by atoms with van der Waals surface area (Å²) in [7, 11) is 0. The maximum atomic E-state index is 12.4. The van der Waals surface area contributed by atoms with Crippen LogP contribution < -0.4 is 5.69 Å². The van der Waals surface area contributed by atoms with E-state index in [2.05, 4.69) is 15.9 Å². The Balaban J connectivity index is 2.53. The largest absolute Gasteiger partial charge is 0.481 e. The number of halogens is 1. The zero-order chi connectivity index (χ0) is 15.6. The minimum absolute atomic E-state index is 0.0499. The highest BCUT2D eigenvalue weighted by molar-refractivity contribution is 9.10. The number of hydrogen-bond acceptors (Lipinski definition) is 3. The molecule has 0 atom stereocenters. The Morgan fingerprint density at radius 1 is 1.43 bits per heavy atom. The van der Waals surface area contributed by atoms with Crippen LogP contribution in [0.15, 0.2) is 38.6 Å². The molecule has 1 aromatic heterocycles. The number of benzene rings is 1. The van der Waals surface area contributed by atoms with Crippen LogP contribution in [-0.4, -0.2) is 26.0 Å². The van der Waals surface area contributed by atoms with Crippen molar-refractivity contribution in [1.29, 1.82) is 0 Å². The van der Waals surface area contributed by atoms with E-state index in [1.165, 1.54) is 11.8 Å². The first kappa shape index (κ1) is 15.9. The maximum Gasteiger partial charge on any atom is 0.332 e. The molecule has 0 radical (unpaired) electrons. The molecule has 112 valence electrons. The van der Waals surface area contributed by atoms with E-state index in [4.69, 9.17) is 5.11 Å². The maximum absolute atomic E-state index is 12.4. The van der Waals surface area contributed by atoms with Gasteiger partial charge in [-0.1, -0.05) is 15.9 Å². The van der Waals surface area contributed by atoms with Crippen molar-refractivity contribution >= 4 is 33.7 Å². The summed E-state index contributed by atoms with van der Waals surface area (Å²) >= 11 is 4.57. The Labute approximate surface area is 134 Å². The van der Waals surface area contributed by atoms with Crippen LogP contribution in [0.25, 0.3) is 5.69 Å². The number of hydrogen-bond donors (Lipinski definition) is 1. The molecule has 1 heterocycles. The quantitative estimate of drug-likeness (QED) is 0.821. The Kier molecular flexibility index (Phi) is 4.95. The normalized spacial score (nSPS) is 10.8. The van der Waals surface area contributed by atoms with Gasteiger partial charge in [0.2, 0.25) is 0 Å². The molecule has 0 fully saturated rings. The molecule has 0 saturated heterocycles. The molecule has 0 amide bonds. The van der Waals surface area contributed by atoms with Gasteiger partial charge in [0.1, 0.15) is 0 Å². The summed E-state index contributed by atoms with van der Waals surface area (Å²) in [5.41, 5.74) is 1.46. The molecule has 0 aliphatic carbocycles. The zero-order valence-corrected chi connectivity index (χ0v) is 14.1. The number of carboxylic acids is 1. The number of rotatable bonds is 5. The lowest BCUT2D eigenvalue weighted by Gasteiger charge is -2.09. The fourth-order valence-corrected chi connectivity index (χ4v) is 3.41. The lowest BCUT2D eigenvalue weighted by atomic mass is 10.3.